The molecule has 0 heterocycles. The summed E-state index contributed by atoms with van der Waals surface area (Å²) < 4.78 is 8.94. The third-order valence-electron chi connectivity index (χ3n) is 0.236. The molecule has 80 valence electrons. The van der Waals surface area contributed by atoms with Crippen molar-refractivity contribution in [3.05, 3.63) is 0 Å². The minimum atomic E-state index is 0. The van der Waals surface area contributed by atoms with Crippen LogP contribution in [0.2, 0.25) is 0 Å². The first-order chi connectivity index (χ1) is 2.41. The van der Waals surface area contributed by atoms with Gasteiger partial charge in [-0.1, -0.05) is 44.6 Å². The van der Waals surface area contributed by atoms with Crippen molar-refractivity contribution in [3.63, 3.8) is 0 Å². The van der Waals surface area contributed by atoms with Gasteiger partial charge in [-0.05, 0) is 0 Å². The second-order valence-electron chi connectivity index (χ2n) is 0.695. The average molecular weight is 172 g/mol. The zero-order valence-corrected chi connectivity index (χ0v) is 3.52. The summed E-state index contributed by atoms with van der Waals surface area (Å²) >= 11 is 0. The molecule has 0 fully saturated rings. The van der Waals surface area contributed by atoms with E-state index in [1.165, 1.54) is 0 Å². The number of hydrogen-bond donors (Lipinski definition) is 0. The van der Waals surface area contributed by atoms with E-state index in [0.29, 0.717) is 6.79 Å². The summed E-state index contributed by atoms with van der Waals surface area (Å²) in [5.74, 6) is 0. The number of hydrogen-bond acceptors (Lipinski definition) is 2. The molecule has 0 saturated heterocycles. The van der Waals surface area contributed by atoms with Crippen LogP contribution in [-0.4, -0.2) is 21.0 Å². The molecule has 0 amide bonds. The smallest absolute Gasteiger partial charge is 0.145 e. The van der Waals surface area contributed by atoms with Crippen molar-refractivity contribution in [2.45, 2.75) is 44.6 Å². The predicted octanol–water partition coefficient (Wildman–Crippen LogP) is 4.05. The van der Waals surface area contributed by atoms with Crippen molar-refractivity contribution >= 4 is 0 Å². The Morgan fingerprint density at radius 3 is 0.818 bits per heavy atom. The van der Waals surface area contributed by atoms with Gasteiger partial charge in [0.15, 0.2) is 0 Å². The first kappa shape index (κ1) is 69.9. The molecule has 0 radical (unpaired) electrons. The number of rotatable bonds is 2. The topological polar surface area (TPSA) is 18.5 Å². The van der Waals surface area contributed by atoms with Gasteiger partial charge >= 0.3 is 0 Å². The quantitative estimate of drug-likeness (QED) is 0.585. The van der Waals surface area contributed by atoms with E-state index >= 15 is 0 Å². The van der Waals surface area contributed by atoms with Gasteiger partial charge in [-0.25, -0.2) is 0 Å². The molecule has 0 aliphatic heterocycles. The molecule has 11 heavy (non-hydrogen) atoms. The van der Waals surface area contributed by atoms with Crippen LogP contribution in [0.25, 0.3) is 0 Å². The standard InChI is InChI=1S/C3H8O2.6CH4/c1-4-3-5-2;;;;;;/h3H2,1-2H3;6*1H4. The predicted molar refractivity (Wildman–Crippen MR) is 59.3 cm³/mol. The molecule has 0 atom stereocenters. The van der Waals surface area contributed by atoms with Crippen LogP contribution in [0.1, 0.15) is 44.6 Å². The van der Waals surface area contributed by atoms with Gasteiger partial charge in [-0.2, -0.15) is 0 Å². The molecule has 0 aromatic rings. The lowest BCUT2D eigenvalue weighted by atomic mass is 11.4. The summed E-state index contributed by atoms with van der Waals surface area (Å²) in [6.45, 7) is 0.389. The molecule has 0 bridgehead atoms. The summed E-state index contributed by atoms with van der Waals surface area (Å²) in [6, 6.07) is 0. The second-order valence-corrected chi connectivity index (χ2v) is 0.695. The number of methoxy groups -OCH3 is 2. The first-order valence-electron chi connectivity index (χ1n) is 1.39. The molecule has 0 spiro atoms. The van der Waals surface area contributed by atoms with E-state index in [1.54, 1.807) is 14.2 Å². The molecular formula is C9H32O2. The SMILES string of the molecule is C.C.C.C.C.C.COCOC. The highest BCUT2D eigenvalue weighted by molar-refractivity contribution is 3.84. The van der Waals surface area contributed by atoms with Gasteiger partial charge < -0.3 is 9.47 Å². The Hall–Kier alpha value is -0.0800. The Balaban J connectivity index is -0.00000000533. The van der Waals surface area contributed by atoms with Crippen LogP contribution in [0.5, 0.6) is 0 Å². The highest BCUT2D eigenvalue weighted by Gasteiger charge is 1.63. The van der Waals surface area contributed by atoms with Crippen molar-refractivity contribution < 1.29 is 9.47 Å². The van der Waals surface area contributed by atoms with Gasteiger partial charge in [0, 0.05) is 14.2 Å². The summed E-state index contributed by atoms with van der Waals surface area (Å²) in [6.07, 6.45) is 0. The molecule has 0 saturated carbocycles. The maximum Gasteiger partial charge on any atom is 0.145 e. The summed E-state index contributed by atoms with van der Waals surface area (Å²) in [5, 5.41) is 0. The Labute approximate surface area is 75.9 Å². The van der Waals surface area contributed by atoms with E-state index in [9.17, 15) is 0 Å². The molecule has 0 aliphatic carbocycles. The molecule has 0 unspecified atom stereocenters. The largest absolute Gasteiger partial charge is 0.359 e. The van der Waals surface area contributed by atoms with Crippen molar-refractivity contribution in [1.82, 2.24) is 0 Å². The van der Waals surface area contributed by atoms with Gasteiger partial charge in [0.2, 0.25) is 0 Å². The lowest BCUT2D eigenvalue weighted by Crippen LogP contribution is -1.87. The second kappa shape index (κ2) is 92.6. The fourth-order valence-corrected chi connectivity index (χ4v) is 0.118. The van der Waals surface area contributed by atoms with E-state index in [0.717, 1.165) is 0 Å². The minimum Gasteiger partial charge on any atom is -0.359 e. The van der Waals surface area contributed by atoms with Gasteiger partial charge in [0.05, 0.1) is 0 Å². The normalized spacial score (nSPS) is 3.82. The molecule has 2 nitrogen and oxygen atoms in total. The summed E-state index contributed by atoms with van der Waals surface area (Å²) in [7, 11) is 3.17. The van der Waals surface area contributed by atoms with Crippen molar-refractivity contribution in [3.8, 4) is 0 Å². The van der Waals surface area contributed by atoms with Gasteiger partial charge in [0.25, 0.3) is 0 Å². The lowest BCUT2D eigenvalue weighted by molar-refractivity contribution is -0.00271. The number of ether oxygens (including phenoxy) is 2. The maximum absolute atomic E-state index is 4.47. The van der Waals surface area contributed by atoms with Crippen LogP contribution >= 0.6 is 0 Å². The molecule has 0 aromatic carbocycles. The van der Waals surface area contributed by atoms with Crippen LogP contribution in [0.3, 0.4) is 0 Å². The van der Waals surface area contributed by atoms with Crippen LogP contribution in [0.4, 0.5) is 0 Å². The molecular weight excluding hydrogens is 140 g/mol. The lowest BCUT2D eigenvalue weighted by Gasteiger charge is -1.87. The summed E-state index contributed by atoms with van der Waals surface area (Å²) in [4.78, 5) is 0. The van der Waals surface area contributed by atoms with E-state index in [4.69, 9.17) is 0 Å². The minimum absolute atomic E-state index is 0. The van der Waals surface area contributed by atoms with Crippen molar-refractivity contribution in [2.24, 2.45) is 0 Å². The summed E-state index contributed by atoms with van der Waals surface area (Å²) in [5.41, 5.74) is 0. The maximum atomic E-state index is 4.47. The van der Waals surface area contributed by atoms with Gasteiger partial charge in [-0.3, -0.25) is 0 Å². The molecule has 0 N–H and O–H groups in total. The monoisotopic (exact) mass is 172 g/mol. The van der Waals surface area contributed by atoms with E-state index in [-0.39, 0.29) is 44.6 Å². The third-order valence-corrected chi connectivity index (χ3v) is 0.236. The fraction of sp³-hybridized carbons (Fsp3) is 1.00. The van der Waals surface area contributed by atoms with Crippen molar-refractivity contribution in [2.75, 3.05) is 21.0 Å². The Morgan fingerprint density at radius 1 is 0.636 bits per heavy atom. The Bertz CT molecular complexity index is 15.0. The van der Waals surface area contributed by atoms with Crippen LogP contribution < -0.4 is 0 Å². The van der Waals surface area contributed by atoms with E-state index < -0.39 is 0 Å². The highest BCUT2D eigenvalue weighted by atomic mass is 16.6. The average Bonchev–Trinajstić information content (AvgIpc) is 1.41. The van der Waals surface area contributed by atoms with Gasteiger partial charge in [0.1, 0.15) is 6.79 Å². The van der Waals surface area contributed by atoms with Crippen molar-refractivity contribution in [1.29, 1.82) is 0 Å². The van der Waals surface area contributed by atoms with E-state index in [2.05, 4.69) is 9.47 Å². The van der Waals surface area contributed by atoms with E-state index in [1.807, 2.05) is 0 Å². The highest BCUT2D eigenvalue weighted by Crippen LogP contribution is 1.60. The Kier molecular flexibility index (Phi) is 589. The van der Waals surface area contributed by atoms with Crippen LogP contribution in [0, 0.1) is 0 Å². The molecule has 0 aromatic heterocycles. The molecule has 2 heteroatoms. The fourth-order valence-electron chi connectivity index (χ4n) is 0.118. The Morgan fingerprint density at radius 2 is 0.818 bits per heavy atom. The zero-order chi connectivity index (χ0) is 4.12. The first-order valence-corrected chi connectivity index (χ1v) is 1.39. The van der Waals surface area contributed by atoms with Gasteiger partial charge in [-0.15, -0.1) is 0 Å². The zero-order valence-electron chi connectivity index (χ0n) is 3.52. The molecule has 0 rings (SSSR count). The molecule has 0 aliphatic rings. The van der Waals surface area contributed by atoms with Crippen LogP contribution in [-0.2, 0) is 9.47 Å². The van der Waals surface area contributed by atoms with Crippen LogP contribution in [0.15, 0.2) is 0 Å². The third kappa shape index (κ3) is 169.